The largest absolute Gasteiger partial charge is 0.373 e. The van der Waals surface area contributed by atoms with Gasteiger partial charge in [-0.2, -0.15) is 0 Å². The van der Waals surface area contributed by atoms with E-state index in [9.17, 15) is 4.79 Å². The predicted molar refractivity (Wildman–Crippen MR) is 76.2 cm³/mol. The van der Waals surface area contributed by atoms with Gasteiger partial charge in [0.2, 0.25) is 0 Å². The van der Waals surface area contributed by atoms with Gasteiger partial charge >= 0.3 is 0 Å². The molecule has 0 spiro atoms. The van der Waals surface area contributed by atoms with Crippen molar-refractivity contribution in [2.75, 3.05) is 12.4 Å². The highest BCUT2D eigenvalue weighted by Gasteiger charge is 2.21. The molecule has 0 fully saturated rings. The number of fused-ring (bicyclic) bond motifs is 1. The third kappa shape index (κ3) is 2.24. The molecule has 1 unspecified atom stereocenters. The maximum absolute atomic E-state index is 10.9. The molecule has 1 heterocycles. The number of pyridine rings is 1. The first-order valence-corrected chi connectivity index (χ1v) is 6.52. The van der Waals surface area contributed by atoms with Crippen LogP contribution in [0.25, 0.3) is 11.3 Å². The Balaban J connectivity index is 1.97. The molecule has 96 valence electrons. The summed E-state index contributed by atoms with van der Waals surface area (Å²) < 4.78 is 0. The van der Waals surface area contributed by atoms with Crippen LogP contribution in [0.2, 0.25) is 0 Å². The van der Waals surface area contributed by atoms with E-state index in [-0.39, 0.29) is 5.92 Å². The van der Waals surface area contributed by atoms with Gasteiger partial charge in [0.15, 0.2) is 0 Å². The normalized spacial score (nSPS) is 17.0. The van der Waals surface area contributed by atoms with E-state index < -0.39 is 0 Å². The molecule has 0 saturated heterocycles. The van der Waals surface area contributed by atoms with E-state index in [1.165, 1.54) is 11.1 Å². The van der Waals surface area contributed by atoms with Crippen LogP contribution in [0.5, 0.6) is 0 Å². The van der Waals surface area contributed by atoms with Crippen molar-refractivity contribution in [2.24, 2.45) is 5.92 Å². The second kappa shape index (κ2) is 4.84. The molecule has 1 aromatic carbocycles. The highest BCUT2D eigenvalue weighted by molar-refractivity contribution is 5.65. The van der Waals surface area contributed by atoms with E-state index in [0.29, 0.717) is 0 Å². The van der Waals surface area contributed by atoms with Gasteiger partial charge in [0.05, 0.1) is 5.69 Å². The van der Waals surface area contributed by atoms with Gasteiger partial charge in [-0.25, -0.2) is 4.98 Å². The number of carbonyl (C=O) groups is 1. The summed E-state index contributed by atoms with van der Waals surface area (Å²) in [4.78, 5) is 15.4. The minimum Gasteiger partial charge on any atom is -0.373 e. The highest BCUT2D eigenvalue weighted by Crippen LogP contribution is 2.29. The van der Waals surface area contributed by atoms with Gasteiger partial charge in [-0.3, -0.25) is 0 Å². The number of nitrogens with zero attached hydrogens (tertiary/aromatic N) is 1. The quantitative estimate of drug-likeness (QED) is 0.854. The Labute approximate surface area is 112 Å². The molecule has 19 heavy (non-hydrogen) atoms. The van der Waals surface area contributed by atoms with E-state index in [2.05, 4.69) is 28.5 Å². The minimum absolute atomic E-state index is 0.154. The van der Waals surface area contributed by atoms with Crippen LogP contribution in [0.1, 0.15) is 11.1 Å². The molecule has 0 bridgehead atoms. The fourth-order valence-corrected chi connectivity index (χ4v) is 2.64. The second-order valence-corrected chi connectivity index (χ2v) is 4.95. The van der Waals surface area contributed by atoms with Crippen LogP contribution < -0.4 is 5.32 Å². The zero-order valence-corrected chi connectivity index (χ0v) is 10.9. The van der Waals surface area contributed by atoms with Crippen molar-refractivity contribution in [2.45, 2.75) is 12.8 Å². The molecule has 1 aliphatic rings. The monoisotopic (exact) mass is 252 g/mol. The van der Waals surface area contributed by atoms with Crippen molar-refractivity contribution in [3.8, 4) is 11.3 Å². The molecule has 0 radical (unpaired) electrons. The Hall–Kier alpha value is -2.16. The average Bonchev–Trinajstić information content (AvgIpc) is 2.89. The smallest absolute Gasteiger partial charge is 0.126 e. The first kappa shape index (κ1) is 11.9. The summed E-state index contributed by atoms with van der Waals surface area (Å²) >= 11 is 0. The van der Waals surface area contributed by atoms with Crippen LogP contribution in [-0.4, -0.2) is 18.3 Å². The van der Waals surface area contributed by atoms with Crippen LogP contribution >= 0.6 is 0 Å². The Morgan fingerprint density at radius 3 is 2.84 bits per heavy atom. The van der Waals surface area contributed by atoms with Gasteiger partial charge in [0.25, 0.3) is 0 Å². The van der Waals surface area contributed by atoms with Gasteiger partial charge in [-0.1, -0.05) is 18.2 Å². The third-order valence-electron chi connectivity index (χ3n) is 3.66. The van der Waals surface area contributed by atoms with Gasteiger partial charge in [0.1, 0.15) is 12.1 Å². The van der Waals surface area contributed by atoms with Crippen LogP contribution in [0.15, 0.2) is 36.4 Å². The summed E-state index contributed by atoms with van der Waals surface area (Å²) in [6.45, 7) is 0. The molecule has 3 nitrogen and oxygen atoms in total. The summed E-state index contributed by atoms with van der Waals surface area (Å²) in [6.07, 6.45) is 2.81. The maximum Gasteiger partial charge on any atom is 0.126 e. The van der Waals surface area contributed by atoms with Crippen LogP contribution in [0.3, 0.4) is 0 Å². The predicted octanol–water partition coefficient (Wildman–Crippen LogP) is 2.70. The second-order valence-electron chi connectivity index (χ2n) is 4.95. The summed E-state index contributed by atoms with van der Waals surface area (Å²) in [7, 11) is 1.86. The molecule has 1 aromatic heterocycles. The summed E-state index contributed by atoms with van der Waals surface area (Å²) in [5.41, 5.74) is 4.66. The zero-order valence-electron chi connectivity index (χ0n) is 10.9. The lowest BCUT2D eigenvalue weighted by molar-refractivity contribution is -0.110. The standard InChI is InChI=1S/C16H16N2O/c1-17-16-4-2-3-15(18-16)13-6-5-12-7-11(10-19)8-14(12)9-13/h2-6,9-11H,7-8H2,1H3,(H,17,18). The number of aromatic nitrogens is 1. The topological polar surface area (TPSA) is 42.0 Å². The number of aldehydes is 1. The number of hydrogen-bond acceptors (Lipinski definition) is 3. The summed E-state index contributed by atoms with van der Waals surface area (Å²) in [5, 5.41) is 3.05. The molecule has 0 saturated carbocycles. The number of hydrogen-bond donors (Lipinski definition) is 1. The summed E-state index contributed by atoms with van der Waals surface area (Å²) in [6, 6.07) is 12.3. The zero-order chi connectivity index (χ0) is 13.2. The molecule has 0 amide bonds. The van der Waals surface area contributed by atoms with E-state index in [4.69, 9.17) is 0 Å². The molecule has 1 N–H and O–H groups in total. The van der Waals surface area contributed by atoms with Crippen LogP contribution in [0.4, 0.5) is 5.82 Å². The molecule has 1 aliphatic carbocycles. The number of nitrogens with one attached hydrogen (secondary N) is 1. The van der Waals surface area contributed by atoms with Crippen molar-refractivity contribution in [1.29, 1.82) is 0 Å². The molecule has 3 heteroatoms. The first-order chi connectivity index (χ1) is 9.30. The lowest BCUT2D eigenvalue weighted by Gasteiger charge is -2.06. The molecular formula is C16H16N2O. The van der Waals surface area contributed by atoms with Crippen LogP contribution in [0, 0.1) is 5.92 Å². The van der Waals surface area contributed by atoms with Crippen LogP contribution in [-0.2, 0) is 17.6 Å². The van der Waals surface area contributed by atoms with Gasteiger partial charge in [0, 0.05) is 18.5 Å². The van der Waals surface area contributed by atoms with Crippen molar-refractivity contribution in [1.82, 2.24) is 4.98 Å². The molecular weight excluding hydrogens is 236 g/mol. The van der Waals surface area contributed by atoms with E-state index >= 15 is 0 Å². The van der Waals surface area contributed by atoms with Gasteiger partial charge < -0.3 is 10.1 Å². The third-order valence-corrected chi connectivity index (χ3v) is 3.66. The van der Waals surface area contributed by atoms with E-state index in [1.54, 1.807) is 0 Å². The number of carbonyl (C=O) groups excluding carboxylic acids is 1. The Morgan fingerprint density at radius 2 is 2.05 bits per heavy atom. The van der Waals surface area contributed by atoms with E-state index in [0.717, 1.165) is 36.2 Å². The maximum atomic E-state index is 10.9. The summed E-state index contributed by atoms with van der Waals surface area (Å²) in [5.74, 6) is 1.02. The number of benzene rings is 1. The molecule has 3 rings (SSSR count). The fourth-order valence-electron chi connectivity index (χ4n) is 2.64. The highest BCUT2D eigenvalue weighted by atomic mass is 16.1. The molecule has 0 aliphatic heterocycles. The molecule has 2 aromatic rings. The lowest BCUT2D eigenvalue weighted by Crippen LogP contribution is -1.99. The van der Waals surface area contributed by atoms with E-state index in [1.807, 2.05) is 25.2 Å². The first-order valence-electron chi connectivity index (χ1n) is 6.52. The Bertz CT molecular complexity index is 622. The van der Waals surface area contributed by atoms with Crippen molar-refractivity contribution in [3.05, 3.63) is 47.5 Å². The lowest BCUT2D eigenvalue weighted by atomic mass is 10.0. The van der Waals surface area contributed by atoms with Gasteiger partial charge in [-0.15, -0.1) is 0 Å². The van der Waals surface area contributed by atoms with Crippen molar-refractivity contribution < 1.29 is 4.79 Å². The fraction of sp³-hybridized carbons (Fsp3) is 0.250. The molecule has 1 atom stereocenters. The van der Waals surface area contributed by atoms with Gasteiger partial charge in [-0.05, 0) is 42.2 Å². The minimum atomic E-state index is 0.154. The van der Waals surface area contributed by atoms with Crippen molar-refractivity contribution in [3.63, 3.8) is 0 Å². The Kier molecular flexibility index (Phi) is 3.03. The SMILES string of the molecule is CNc1cccc(-c2ccc3c(c2)CC(C=O)C3)n1. The van der Waals surface area contributed by atoms with Crippen molar-refractivity contribution >= 4 is 12.1 Å². The average molecular weight is 252 g/mol. The Morgan fingerprint density at radius 1 is 1.21 bits per heavy atom. The number of anilines is 1. The number of rotatable bonds is 3.